The number of hydrogen-bond donors (Lipinski definition) is 2. The van der Waals surface area contributed by atoms with Crippen molar-refractivity contribution in [3.63, 3.8) is 0 Å². The highest BCUT2D eigenvalue weighted by Crippen LogP contribution is 2.43. The molecule has 40 heavy (non-hydrogen) atoms. The van der Waals surface area contributed by atoms with E-state index in [1.165, 1.54) is 23.9 Å². The number of carbonyl (C=O) groups excluding carboxylic acids is 1. The third-order valence-corrected chi connectivity index (χ3v) is 9.72. The van der Waals surface area contributed by atoms with Crippen LogP contribution in [0.5, 0.6) is 0 Å². The van der Waals surface area contributed by atoms with Gasteiger partial charge in [0.05, 0.1) is 41.1 Å². The van der Waals surface area contributed by atoms with Gasteiger partial charge in [0.1, 0.15) is 12.4 Å². The number of thiophene rings is 1. The van der Waals surface area contributed by atoms with Gasteiger partial charge in [0, 0.05) is 33.9 Å². The highest BCUT2D eigenvalue weighted by molar-refractivity contribution is 7.84. The number of hydrogen-bond acceptors (Lipinski definition) is 11. The molecular formula is C24H25F3N4O6S3. The summed E-state index contributed by atoms with van der Waals surface area (Å²) in [6, 6.07) is 1.63. The van der Waals surface area contributed by atoms with E-state index in [9.17, 15) is 31.5 Å². The molecule has 1 aliphatic heterocycles. The summed E-state index contributed by atoms with van der Waals surface area (Å²) in [7, 11) is -4.13. The summed E-state index contributed by atoms with van der Waals surface area (Å²) >= 11 is 1.82. The van der Waals surface area contributed by atoms with Crippen molar-refractivity contribution in [2.24, 2.45) is 17.0 Å². The number of rotatable bonds is 8. The number of aromatic nitrogens is 3. The summed E-state index contributed by atoms with van der Waals surface area (Å²) in [4.78, 5) is 27.3. The molecule has 1 fully saturated rings. The van der Waals surface area contributed by atoms with Crippen molar-refractivity contribution in [2.45, 2.75) is 51.0 Å². The van der Waals surface area contributed by atoms with Crippen LogP contribution in [0.3, 0.4) is 0 Å². The minimum atomic E-state index is -4.55. The van der Waals surface area contributed by atoms with Gasteiger partial charge in [-0.15, -0.1) is 22.7 Å². The summed E-state index contributed by atoms with van der Waals surface area (Å²) in [5.41, 5.74) is 1.56. The van der Waals surface area contributed by atoms with Crippen LogP contribution in [0.2, 0.25) is 0 Å². The molecule has 16 heteroatoms. The maximum Gasteiger partial charge on any atom is 0.443 e. The molecule has 0 radical (unpaired) electrons. The zero-order valence-corrected chi connectivity index (χ0v) is 23.5. The Morgan fingerprint density at radius 2 is 2.08 bits per heavy atom. The van der Waals surface area contributed by atoms with Crippen LogP contribution in [0.15, 0.2) is 18.6 Å². The van der Waals surface area contributed by atoms with Crippen LogP contribution in [-0.2, 0) is 38.2 Å². The van der Waals surface area contributed by atoms with E-state index in [0.29, 0.717) is 58.0 Å². The van der Waals surface area contributed by atoms with Gasteiger partial charge in [-0.25, -0.2) is 20.1 Å². The quantitative estimate of drug-likeness (QED) is 0.362. The normalized spacial score (nSPS) is 23.4. The monoisotopic (exact) mass is 618 g/mol. The predicted molar refractivity (Wildman–Crippen MR) is 138 cm³/mol. The van der Waals surface area contributed by atoms with E-state index < -0.39 is 39.6 Å². The number of fused-ring (bicyclic) bond motifs is 1. The number of aryl methyl sites for hydroxylation is 1. The van der Waals surface area contributed by atoms with Gasteiger partial charge in [0.15, 0.2) is 5.01 Å². The summed E-state index contributed by atoms with van der Waals surface area (Å²) < 4.78 is 72.6. The van der Waals surface area contributed by atoms with Crippen LogP contribution < -0.4 is 5.14 Å². The van der Waals surface area contributed by atoms with Crippen LogP contribution in [-0.4, -0.2) is 53.6 Å². The second-order valence-electron chi connectivity index (χ2n) is 9.81. The van der Waals surface area contributed by atoms with Crippen molar-refractivity contribution in [3.8, 4) is 0 Å². The molecule has 3 aromatic heterocycles. The average molecular weight is 619 g/mol. The smallest absolute Gasteiger partial charge is 0.393 e. The van der Waals surface area contributed by atoms with E-state index >= 15 is 0 Å². The van der Waals surface area contributed by atoms with Gasteiger partial charge in [-0.1, -0.05) is 0 Å². The second-order valence-corrected chi connectivity index (χ2v) is 13.4. The fourth-order valence-electron chi connectivity index (χ4n) is 5.18. The number of alkyl halides is 3. The third-order valence-electron chi connectivity index (χ3n) is 7.02. The highest BCUT2D eigenvalue weighted by Gasteiger charge is 2.39. The first-order chi connectivity index (χ1) is 18.8. The fraction of sp³-hybridized carbons (Fsp3) is 0.500. The first kappa shape index (κ1) is 29.2. The standard InChI is InChI=1S/C24H25F3N4O6S3/c1-11-14(22-20-18(2-3-36-22)39-23(31-20)24(25,26)27)7-19(38-11)21(33)15-8-29-10-30-16(15)5-12-4-13(17(32)6-12)9-37-40(28,34)35/h7-8,10,12-13,17,22,32H,2-6,9H2,1H3,(H2,28,34,35)/t12-,13+,17-,22?/m0/s1. The van der Waals surface area contributed by atoms with Crippen molar-refractivity contribution in [2.75, 3.05) is 13.2 Å². The molecule has 4 atom stereocenters. The van der Waals surface area contributed by atoms with Crippen molar-refractivity contribution < 1.29 is 40.4 Å². The summed E-state index contributed by atoms with van der Waals surface area (Å²) in [6.07, 6.45) is -1.91. The SMILES string of the molecule is Cc1sc(C(=O)c2cncnc2C[C@@H]2C[C@H](COS(N)(=O)=O)[C@@H](O)C2)cc1C1OCCc2sc(C(F)(F)F)nc21. The third kappa shape index (κ3) is 6.27. The molecule has 1 unspecified atom stereocenters. The van der Waals surface area contributed by atoms with Crippen molar-refractivity contribution in [1.29, 1.82) is 0 Å². The van der Waals surface area contributed by atoms with Gasteiger partial charge in [0.2, 0.25) is 5.78 Å². The van der Waals surface area contributed by atoms with Crippen LogP contribution >= 0.6 is 22.7 Å². The van der Waals surface area contributed by atoms with Crippen LogP contribution in [0.1, 0.15) is 65.9 Å². The molecule has 0 aromatic carbocycles. The van der Waals surface area contributed by atoms with Gasteiger partial charge in [-0.2, -0.15) is 21.6 Å². The Balaban J connectivity index is 1.35. The molecule has 0 bridgehead atoms. The van der Waals surface area contributed by atoms with E-state index in [1.807, 2.05) is 0 Å². The molecule has 3 aromatic rings. The molecular weight excluding hydrogens is 593 g/mol. The minimum Gasteiger partial charge on any atom is -0.393 e. The number of ether oxygens (including phenoxy) is 1. The number of halogens is 3. The number of nitrogens with zero attached hydrogens (tertiary/aromatic N) is 3. The first-order valence-electron chi connectivity index (χ1n) is 12.3. The Labute approximate surface area is 235 Å². The summed E-state index contributed by atoms with van der Waals surface area (Å²) in [5.74, 6) is -0.864. The molecule has 5 rings (SSSR count). The summed E-state index contributed by atoms with van der Waals surface area (Å²) in [5, 5.41) is 14.3. The van der Waals surface area contributed by atoms with E-state index in [4.69, 9.17) is 9.88 Å². The lowest BCUT2D eigenvalue weighted by molar-refractivity contribution is -0.137. The van der Waals surface area contributed by atoms with Gasteiger partial charge in [-0.05, 0) is 38.2 Å². The molecule has 3 N–H and O–H groups in total. The van der Waals surface area contributed by atoms with E-state index in [0.717, 1.165) is 4.88 Å². The van der Waals surface area contributed by atoms with Crippen molar-refractivity contribution in [3.05, 3.63) is 60.7 Å². The minimum absolute atomic E-state index is 0.0901. The molecule has 1 saturated carbocycles. The number of aliphatic hydroxyl groups is 1. The Morgan fingerprint density at radius 1 is 1.30 bits per heavy atom. The average Bonchev–Trinajstić information content (AvgIpc) is 3.58. The number of thiazole rings is 1. The Hall–Kier alpha value is -2.34. The number of aliphatic hydroxyl groups excluding tert-OH is 1. The van der Waals surface area contributed by atoms with Crippen LogP contribution in [0, 0.1) is 18.8 Å². The second kappa shape index (κ2) is 11.2. The lowest BCUT2D eigenvalue weighted by Crippen LogP contribution is -2.24. The maximum absolute atomic E-state index is 13.6. The maximum atomic E-state index is 13.6. The highest BCUT2D eigenvalue weighted by atomic mass is 32.2. The molecule has 4 heterocycles. The largest absolute Gasteiger partial charge is 0.443 e. The van der Waals surface area contributed by atoms with E-state index in [-0.39, 0.29) is 36.2 Å². The summed E-state index contributed by atoms with van der Waals surface area (Å²) in [6.45, 7) is 1.78. The fourth-order valence-corrected chi connectivity index (χ4v) is 7.48. The number of carbonyl (C=O) groups is 1. The predicted octanol–water partition coefficient (Wildman–Crippen LogP) is 3.36. The Bertz CT molecular complexity index is 1520. The zero-order valence-electron chi connectivity index (χ0n) is 21.1. The molecule has 10 nitrogen and oxygen atoms in total. The first-order valence-corrected chi connectivity index (χ1v) is 15.4. The Morgan fingerprint density at radius 3 is 2.80 bits per heavy atom. The van der Waals surface area contributed by atoms with Crippen LogP contribution in [0.25, 0.3) is 0 Å². The zero-order chi connectivity index (χ0) is 28.8. The molecule has 216 valence electrons. The molecule has 0 spiro atoms. The van der Waals surface area contributed by atoms with Crippen molar-refractivity contribution in [1.82, 2.24) is 15.0 Å². The van der Waals surface area contributed by atoms with Crippen LogP contribution in [0.4, 0.5) is 13.2 Å². The van der Waals surface area contributed by atoms with E-state index in [2.05, 4.69) is 19.1 Å². The van der Waals surface area contributed by atoms with E-state index in [1.54, 1.807) is 13.0 Å². The number of nitrogens with two attached hydrogens (primary N) is 1. The molecule has 0 saturated heterocycles. The topological polar surface area (TPSA) is 155 Å². The lowest BCUT2D eigenvalue weighted by atomic mass is 9.96. The number of ketones is 1. The molecule has 0 amide bonds. The lowest BCUT2D eigenvalue weighted by Gasteiger charge is -2.22. The van der Waals surface area contributed by atoms with Gasteiger partial charge < -0.3 is 9.84 Å². The van der Waals surface area contributed by atoms with Crippen molar-refractivity contribution >= 4 is 38.8 Å². The Kier molecular flexibility index (Phi) is 8.13. The van der Waals surface area contributed by atoms with Gasteiger partial charge >= 0.3 is 16.5 Å². The molecule has 1 aliphatic carbocycles. The van der Waals surface area contributed by atoms with Gasteiger partial charge in [0.25, 0.3) is 0 Å². The van der Waals surface area contributed by atoms with Gasteiger partial charge in [-0.3, -0.25) is 8.98 Å². The molecule has 2 aliphatic rings.